The predicted molar refractivity (Wildman–Crippen MR) is 130 cm³/mol. The summed E-state index contributed by atoms with van der Waals surface area (Å²) < 4.78 is 5.92. The summed E-state index contributed by atoms with van der Waals surface area (Å²) in [5.41, 5.74) is 4.15. The first-order valence-corrected chi connectivity index (χ1v) is 12.3. The number of benzene rings is 1. The summed E-state index contributed by atoms with van der Waals surface area (Å²) in [6, 6.07) is 14.1. The summed E-state index contributed by atoms with van der Waals surface area (Å²) >= 11 is 3.10. The third-order valence-electron chi connectivity index (χ3n) is 6.06. The van der Waals surface area contributed by atoms with Gasteiger partial charge in [0, 0.05) is 4.88 Å². The lowest BCUT2D eigenvalue weighted by Gasteiger charge is -2.33. The predicted octanol–water partition coefficient (Wildman–Crippen LogP) is 7.14. The standard InChI is InChI=1S/C25H24N4OS2/c1-25(2,3)15-8-10-17-18(13-26)23(31-21(17)12-15)27-14-16-9-11-22(30-16)32-24-28-19-6-4-5-7-20(19)29-24/h4-7,9,11,14-15H,8,10,12H2,1-3H3,(H,28,29)/t15-/m1/s1. The highest BCUT2D eigenvalue weighted by molar-refractivity contribution is 7.99. The van der Waals surface area contributed by atoms with Crippen LogP contribution in [0, 0.1) is 22.7 Å². The Balaban J connectivity index is 1.33. The molecule has 4 aromatic rings. The number of nitriles is 1. The Morgan fingerprint density at radius 1 is 1.28 bits per heavy atom. The smallest absolute Gasteiger partial charge is 0.174 e. The van der Waals surface area contributed by atoms with Gasteiger partial charge in [-0.05, 0) is 72.2 Å². The van der Waals surface area contributed by atoms with E-state index in [0.717, 1.165) is 51.1 Å². The fourth-order valence-electron chi connectivity index (χ4n) is 4.17. The van der Waals surface area contributed by atoms with Gasteiger partial charge in [0.05, 0.1) is 22.8 Å². The Morgan fingerprint density at radius 3 is 2.91 bits per heavy atom. The van der Waals surface area contributed by atoms with Crippen LogP contribution in [-0.2, 0) is 12.8 Å². The van der Waals surface area contributed by atoms with Gasteiger partial charge in [0.25, 0.3) is 0 Å². The molecule has 0 bridgehead atoms. The van der Waals surface area contributed by atoms with Gasteiger partial charge in [-0.3, -0.25) is 0 Å². The SMILES string of the molecule is CC(C)(C)[C@@H]1CCc2c(sc(N=Cc3ccc(Sc4nc5ccccc5[nH]4)o3)c2C#N)C1. The maximum Gasteiger partial charge on any atom is 0.174 e. The van der Waals surface area contributed by atoms with Crippen LogP contribution in [0.2, 0.25) is 0 Å². The van der Waals surface area contributed by atoms with E-state index in [0.29, 0.717) is 11.7 Å². The number of aliphatic imine (C=N–C) groups is 1. The molecule has 1 N–H and O–H groups in total. The number of hydrogen-bond acceptors (Lipinski definition) is 6. The number of furan rings is 1. The molecule has 0 aliphatic heterocycles. The Morgan fingerprint density at radius 2 is 2.12 bits per heavy atom. The van der Waals surface area contributed by atoms with E-state index in [9.17, 15) is 5.26 Å². The van der Waals surface area contributed by atoms with Crippen LogP contribution in [0.4, 0.5) is 5.00 Å². The number of para-hydroxylation sites is 2. The van der Waals surface area contributed by atoms with Crippen molar-refractivity contribution in [3.63, 3.8) is 0 Å². The molecule has 0 spiro atoms. The number of aromatic amines is 1. The van der Waals surface area contributed by atoms with E-state index < -0.39 is 0 Å². The van der Waals surface area contributed by atoms with Gasteiger partial charge in [0.1, 0.15) is 16.8 Å². The van der Waals surface area contributed by atoms with Gasteiger partial charge >= 0.3 is 0 Å². The van der Waals surface area contributed by atoms with Gasteiger partial charge in [-0.1, -0.05) is 32.9 Å². The van der Waals surface area contributed by atoms with Crippen molar-refractivity contribution < 1.29 is 4.42 Å². The quantitative estimate of drug-likeness (QED) is 0.328. The average Bonchev–Trinajstić information content (AvgIpc) is 3.47. The number of hydrogen-bond donors (Lipinski definition) is 1. The van der Waals surface area contributed by atoms with Crippen molar-refractivity contribution in [3.8, 4) is 6.07 Å². The number of rotatable bonds is 4. The summed E-state index contributed by atoms with van der Waals surface area (Å²) in [5, 5.41) is 12.1. The molecule has 5 nitrogen and oxygen atoms in total. The molecule has 3 heterocycles. The molecule has 32 heavy (non-hydrogen) atoms. The van der Waals surface area contributed by atoms with Crippen LogP contribution in [0.5, 0.6) is 0 Å². The van der Waals surface area contributed by atoms with Crippen molar-refractivity contribution in [3.05, 3.63) is 58.2 Å². The van der Waals surface area contributed by atoms with E-state index in [1.165, 1.54) is 22.2 Å². The fraction of sp³-hybridized carbons (Fsp3) is 0.320. The molecule has 7 heteroatoms. The van der Waals surface area contributed by atoms with Crippen LogP contribution in [0.25, 0.3) is 11.0 Å². The third kappa shape index (κ3) is 4.13. The Hall–Kier alpha value is -2.82. The summed E-state index contributed by atoms with van der Waals surface area (Å²) in [6.07, 6.45) is 4.84. The number of thiophene rings is 1. The molecule has 162 valence electrons. The van der Waals surface area contributed by atoms with Crippen molar-refractivity contribution in [1.29, 1.82) is 5.26 Å². The molecule has 0 unspecified atom stereocenters. The maximum absolute atomic E-state index is 9.76. The zero-order valence-corrected chi connectivity index (χ0v) is 19.9. The molecule has 0 radical (unpaired) electrons. The molecule has 1 aromatic carbocycles. The van der Waals surface area contributed by atoms with E-state index in [2.05, 4.69) is 41.8 Å². The molecule has 0 saturated heterocycles. The minimum absolute atomic E-state index is 0.278. The second-order valence-corrected chi connectivity index (χ2v) is 11.3. The molecule has 3 aromatic heterocycles. The Labute approximate surface area is 195 Å². The third-order valence-corrected chi connectivity index (χ3v) is 8.03. The monoisotopic (exact) mass is 460 g/mol. The summed E-state index contributed by atoms with van der Waals surface area (Å²) in [5.74, 6) is 1.30. The van der Waals surface area contributed by atoms with E-state index in [1.54, 1.807) is 17.6 Å². The second kappa shape index (κ2) is 8.27. The van der Waals surface area contributed by atoms with E-state index in [1.807, 2.05) is 36.4 Å². The lowest BCUT2D eigenvalue weighted by atomic mass is 9.72. The number of H-pyrrole nitrogens is 1. The van der Waals surface area contributed by atoms with Gasteiger partial charge < -0.3 is 9.40 Å². The van der Waals surface area contributed by atoms with Crippen LogP contribution < -0.4 is 0 Å². The highest BCUT2D eigenvalue weighted by Gasteiger charge is 2.32. The van der Waals surface area contributed by atoms with E-state index in [4.69, 9.17) is 4.42 Å². The summed E-state index contributed by atoms with van der Waals surface area (Å²) in [6.45, 7) is 6.91. The molecule has 1 atom stereocenters. The van der Waals surface area contributed by atoms with Crippen molar-refractivity contribution in [2.75, 3.05) is 0 Å². The van der Waals surface area contributed by atoms with Gasteiger partial charge in [0.2, 0.25) is 0 Å². The van der Waals surface area contributed by atoms with Crippen LogP contribution >= 0.6 is 23.1 Å². The Kier molecular flexibility index (Phi) is 5.44. The molecule has 0 amide bonds. The summed E-state index contributed by atoms with van der Waals surface area (Å²) in [7, 11) is 0. The zero-order valence-electron chi connectivity index (χ0n) is 18.3. The highest BCUT2D eigenvalue weighted by atomic mass is 32.2. The van der Waals surface area contributed by atoms with Crippen LogP contribution in [0.1, 0.15) is 49.0 Å². The topological polar surface area (TPSA) is 78.0 Å². The lowest BCUT2D eigenvalue weighted by molar-refractivity contribution is 0.218. The summed E-state index contributed by atoms with van der Waals surface area (Å²) in [4.78, 5) is 13.8. The average molecular weight is 461 g/mol. The van der Waals surface area contributed by atoms with Gasteiger partial charge in [0.15, 0.2) is 10.2 Å². The molecule has 1 aliphatic rings. The number of nitrogens with zero attached hydrogens (tertiary/aromatic N) is 3. The highest BCUT2D eigenvalue weighted by Crippen LogP contribution is 2.45. The van der Waals surface area contributed by atoms with Gasteiger partial charge in [-0.2, -0.15) is 5.26 Å². The number of nitrogens with one attached hydrogen (secondary N) is 1. The molecule has 0 fully saturated rings. The van der Waals surface area contributed by atoms with Crippen LogP contribution in [-0.4, -0.2) is 16.2 Å². The number of imidazole rings is 1. The van der Waals surface area contributed by atoms with Gasteiger partial charge in [-0.15, -0.1) is 11.3 Å². The van der Waals surface area contributed by atoms with Crippen LogP contribution in [0.15, 0.2) is 56.1 Å². The first kappa shape index (κ1) is 21.0. The lowest BCUT2D eigenvalue weighted by Crippen LogP contribution is -2.26. The first-order chi connectivity index (χ1) is 15.4. The molecular formula is C25H24N4OS2. The zero-order chi connectivity index (χ0) is 22.3. The molecular weight excluding hydrogens is 436 g/mol. The van der Waals surface area contributed by atoms with Crippen molar-refractivity contribution in [1.82, 2.24) is 9.97 Å². The van der Waals surface area contributed by atoms with E-state index in [-0.39, 0.29) is 5.41 Å². The molecule has 0 saturated carbocycles. The second-order valence-electron chi connectivity index (χ2n) is 9.18. The van der Waals surface area contributed by atoms with Gasteiger partial charge in [-0.25, -0.2) is 9.98 Å². The minimum Gasteiger partial charge on any atom is -0.448 e. The molecule has 5 rings (SSSR count). The first-order valence-electron chi connectivity index (χ1n) is 10.7. The number of fused-ring (bicyclic) bond motifs is 2. The fourth-order valence-corrected chi connectivity index (χ4v) is 6.16. The van der Waals surface area contributed by atoms with Crippen LogP contribution in [0.3, 0.4) is 0 Å². The molecule has 1 aliphatic carbocycles. The Bertz CT molecular complexity index is 1310. The number of aromatic nitrogens is 2. The van der Waals surface area contributed by atoms with Crippen molar-refractivity contribution in [2.24, 2.45) is 16.3 Å². The maximum atomic E-state index is 9.76. The normalized spacial score (nSPS) is 16.5. The van der Waals surface area contributed by atoms with E-state index >= 15 is 0 Å². The largest absolute Gasteiger partial charge is 0.448 e. The minimum atomic E-state index is 0.278. The van der Waals surface area contributed by atoms with Crippen molar-refractivity contribution in [2.45, 2.75) is 50.3 Å². The van der Waals surface area contributed by atoms with Crippen molar-refractivity contribution >= 4 is 45.3 Å².